The molecule has 0 aliphatic rings. The van der Waals surface area contributed by atoms with E-state index in [2.05, 4.69) is 16.9 Å². The number of hydrogen-bond donors (Lipinski definition) is 1. The van der Waals surface area contributed by atoms with Crippen LogP contribution in [0.3, 0.4) is 0 Å². The monoisotopic (exact) mass is 265 g/mol. The molecule has 4 nitrogen and oxygen atoms in total. The van der Waals surface area contributed by atoms with Gasteiger partial charge in [-0.3, -0.25) is 4.98 Å². The summed E-state index contributed by atoms with van der Waals surface area (Å²) in [6.07, 6.45) is 3.39. The van der Waals surface area contributed by atoms with Crippen LogP contribution in [-0.4, -0.2) is 17.1 Å². The van der Waals surface area contributed by atoms with E-state index in [9.17, 15) is 0 Å². The van der Waals surface area contributed by atoms with Crippen LogP contribution in [0.25, 0.3) is 22.2 Å². The molecule has 0 saturated heterocycles. The number of aryl methyl sites for hydroxylation is 1. The molecule has 20 heavy (non-hydrogen) atoms. The maximum Gasteiger partial charge on any atom is 0.121 e. The zero-order valence-electron chi connectivity index (χ0n) is 11.4. The van der Waals surface area contributed by atoms with Crippen LogP contribution in [0.15, 0.2) is 42.7 Å². The number of pyridine rings is 2. The lowest BCUT2D eigenvalue weighted by molar-refractivity contribution is 0.415. The molecule has 2 aromatic heterocycles. The van der Waals surface area contributed by atoms with Crippen molar-refractivity contribution in [2.75, 3.05) is 12.8 Å². The molecule has 0 saturated carbocycles. The molecule has 1 aromatic carbocycles. The lowest BCUT2D eigenvalue weighted by Gasteiger charge is -2.08. The molecule has 0 unspecified atom stereocenters. The van der Waals surface area contributed by atoms with Crippen molar-refractivity contribution >= 4 is 16.6 Å². The third kappa shape index (κ3) is 2.16. The van der Waals surface area contributed by atoms with E-state index in [1.807, 2.05) is 30.3 Å². The molecule has 0 aliphatic heterocycles. The van der Waals surface area contributed by atoms with E-state index in [1.54, 1.807) is 19.5 Å². The number of rotatable bonds is 2. The van der Waals surface area contributed by atoms with E-state index in [-0.39, 0.29) is 0 Å². The molecule has 3 aromatic rings. The summed E-state index contributed by atoms with van der Waals surface area (Å²) >= 11 is 0. The standard InChI is InChI=1S/C16H15N3O/c1-10-5-15(11-6-12(17)9-18-8-11)19-16-7-13(20-2)3-4-14(10)16/h3-9H,17H2,1-2H3. The van der Waals surface area contributed by atoms with Crippen molar-refractivity contribution in [2.45, 2.75) is 6.92 Å². The second-order valence-electron chi connectivity index (χ2n) is 4.71. The number of benzene rings is 1. The molecule has 2 N–H and O–H groups in total. The third-order valence-corrected chi connectivity index (χ3v) is 3.28. The van der Waals surface area contributed by atoms with Crippen LogP contribution < -0.4 is 10.5 Å². The minimum atomic E-state index is 0.632. The fraction of sp³-hybridized carbons (Fsp3) is 0.125. The first-order valence-corrected chi connectivity index (χ1v) is 6.33. The van der Waals surface area contributed by atoms with Crippen LogP contribution in [0.5, 0.6) is 5.75 Å². The highest BCUT2D eigenvalue weighted by Crippen LogP contribution is 2.27. The number of fused-ring (bicyclic) bond motifs is 1. The molecular formula is C16H15N3O. The van der Waals surface area contributed by atoms with Gasteiger partial charge in [-0.25, -0.2) is 4.98 Å². The highest BCUT2D eigenvalue weighted by Gasteiger charge is 2.07. The Bertz CT molecular complexity index is 784. The fourth-order valence-corrected chi connectivity index (χ4v) is 2.25. The number of nitrogens with zero attached hydrogens (tertiary/aromatic N) is 2. The fourth-order valence-electron chi connectivity index (χ4n) is 2.25. The Labute approximate surface area is 117 Å². The van der Waals surface area contributed by atoms with Gasteiger partial charge in [0.2, 0.25) is 0 Å². The molecule has 4 heteroatoms. The lowest BCUT2D eigenvalue weighted by atomic mass is 10.1. The third-order valence-electron chi connectivity index (χ3n) is 3.28. The summed E-state index contributed by atoms with van der Waals surface area (Å²) in [6, 6.07) is 9.83. The molecule has 100 valence electrons. The smallest absolute Gasteiger partial charge is 0.121 e. The normalized spacial score (nSPS) is 10.7. The number of aromatic nitrogens is 2. The number of ether oxygens (including phenoxy) is 1. The van der Waals surface area contributed by atoms with Gasteiger partial charge in [0.15, 0.2) is 0 Å². The van der Waals surface area contributed by atoms with Crippen LogP contribution >= 0.6 is 0 Å². The molecule has 0 aliphatic carbocycles. The molecule has 2 heterocycles. The molecule has 0 atom stereocenters. The first kappa shape index (κ1) is 12.4. The SMILES string of the molecule is COc1ccc2c(C)cc(-c3cncc(N)c3)nc2c1. The second kappa shape index (κ2) is 4.81. The quantitative estimate of drug-likeness (QED) is 0.773. The van der Waals surface area contributed by atoms with Gasteiger partial charge in [-0.1, -0.05) is 0 Å². The topological polar surface area (TPSA) is 61.0 Å². The van der Waals surface area contributed by atoms with Crippen molar-refractivity contribution in [1.29, 1.82) is 0 Å². The summed E-state index contributed by atoms with van der Waals surface area (Å²) in [7, 11) is 1.65. The summed E-state index contributed by atoms with van der Waals surface area (Å²) in [5.41, 5.74) is 10.3. The Kier molecular flexibility index (Phi) is 2.99. The predicted molar refractivity (Wildman–Crippen MR) is 80.7 cm³/mol. The van der Waals surface area contributed by atoms with Crippen molar-refractivity contribution in [3.05, 3.63) is 48.3 Å². The predicted octanol–water partition coefficient (Wildman–Crippen LogP) is 3.20. The Balaban J connectivity index is 2.22. The van der Waals surface area contributed by atoms with Gasteiger partial charge in [-0.05, 0) is 36.8 Å². The molecule has 0 radical (unpaired) electrons. The Morgan fingerprint density at radius 1 is 1.10 bits per heavy atom. The van der Waals surface area contributed by atoms with Crippen LogP contribution in [0.4, 0.5) is 5.69 Å². The van der Waals surface area contributed by atoms with E-state index >= 15 is 0 Å². The molecule has 0 spiro atoms. The largest absolute Gasteiger partial charge is 0.497 e. The Hall–Kier alpha value is -2.62. The first-order valence-electron chi connectivity index (χ1n) is 6.33. The molecular weight excluding hydrogens is 250 g/mol. The lowest BCUT2D eigenvalue weighted by Crippen LogP contribution is -1.92. The molecule has 0 amide bonds. The van der Waals surface area contributed by atoms with Gasteiger partial charge in [0.05, 0.1) is 24.0 Å². The van der Waals surface area contributed by atoms with E-state index in [0.717, 1.165) is 33.5 Å². The summed E-state index contributed by atoms with van der Waals surface area (Å²) in [5.74, 6) is 0.798. The van der Waals surface area contributed by atoms with Gasteiger partial charge in [0.25, 0.3) is 0 Å². The van der Waals surface area contributed by atoms with Gasteiger partial charge >= 0.3 is 0 Å². The van der Waals surface area contributed by atoms with E-state index in [1.165, 1.54) is 0 Å². The van der Waals surface area contributed by atoms with Crippen molar-refractivity contribution in [2.24, 2.45) is 0 Å². The molecule has 3 rings (SSSR count). The number of hydrogen-bond acceptors (Lipinski definition) is 4. The van der Waals surface area contributed by atoms with Crippen molar-refractivity contribution in [3.8, 4) is 17.0 Å². The highest BCUT2D eigenvalue weighted by atomic mass is 16.5. The number of anilines is 1. The average Bonchev–Trinajstić information content (AvgIpc) is 2.46. The first-order chi connectivity index (χ1) is 9.67. The van der Waals surface area contributed by atoms with Gasteiger partial charge in [0, 0.05) is 29.4 Å². The summed E-state index contributed by atoms with van der Waals surface area (Å²) in [4.78, 5) is 8.79. The Morgan fingerprint density at radius 2 is 1.95 bits per heavy atom. The zero-order chi connectivity index (χ0) is 14.1. The average molecular weight is 265 g/mol. The van der Waals surface area contributed by atoms with E-state index < -0.39 is 0 Å². The summed E-state index contributed by atoms with van der Waals surface area (Å²) in [5, 5.41) is 1.12. The van der Waals surface area contributed by atoms with Gasteiger partial charge in [-0.2, -0.15) is 0 Å². The van der Waals surface area contributed by atoms with E-state index in [0.29, 0.717) is 5.69 Å². The number of nitrogen functional groups attached to an aromatic ring is 1. The van der Waals surface area contributed by atoms with Gasteiger partial charge < -0.3 is 10.5 Å². The van der Waals surface area contributed by atoms with Crippen LogP contribution in [-0.2, 0) is 0 Å². The van der Waals surface area contributed by atoms with Gasteiger partial charge in [-0.15, -0.1) is 0 Å². The molecule has 0 fully saturated rings. The summed E-state index contributed by atoms with van der Waals surface area (Å²) < 4.78 is 5.25. The van der Waals surface area contributed by atoms with Crippen molar-refractivity contribution in [1.82, 2.24) is 9.97 Å². The van der Waals surface area contributed by atoms with Crippen LogP contribution in [0.2, 0.25) is 0 Å². The minimum absolute atomic E-state index is 0.632. The minimum Gasteiger partial charge on any atom is -0.497 e. The van der Waals surface area contributed by atoms with E-state index in [4.69, 9.17) is 10.5 Å². The molecule has 0 bridgehead atoms. The van der Waals surface area contributed by atoms with Crippen molar-refractivity contribution in [3.63, 3.8) is 0 Å². The van der Waals surface area contributed by atoms with Crippen LogP contribution in [0.1, 0.15) is 5.56 Å². The maximum atomic E-state index is 5.78. The van der Waals surface area contributed by atoms with Gasteiger partial charge in [0.1, 0.15) is 5.75 Å². The van der Waals surface area contributed by atoms with Crippen molar-refractivity contribution < 1.29 is 4.74 Å². The number of methoxy groups -OCH3 is 1. The second-order valence-corrected chi connectivity index (χ2v) is 4.71. The zero-order valence-corrected chi connectivity index (χ0v) is 11.4. The van der Waals surface area contributed by atoms with Crippen LogP contribution in [0, 0.1) is 6.92 Å². The maximum absolute atomic E-state index is 5.78. The highest BCUT2D eigenvalue weighted by molar-refractivity contribution is 5.86. The summed E-state index contributed by atoms with van der Waals surface area (Å²) in [6.45, 7) is 2.07. The Morgan fingerprint density at radius 3 is 2.70 bits per heavy atom. The number of nitrogens with two attached hydrogens (primary N) is 1.